The highest BCUT2D eigenvalue weighted by molar-refractivity contribution is 5.72. The molecule has 5 heteroatoms. The van der Waals surface area contributed by atoms with E-state index in [1.54, 1.807) is 31.2 Å². The molecule has 0 saturated carbocycles. The third-order valence-electron chi connectivity index (χ3n) is 2.25. The predicted octanol–water partition coefficient (Wildman–Crippen LogP) is 2.48. The molecule has 0 atom stereocenters. The van der Waals surface area contributed by atoms with Crippen LogP contribution in [0.3, 0.4) is 0 Å². The smallest absolute Gasteiger partial charge is 0.309 e. The lowest BCUT2D eigenvalue weighted by atomic mass is 10.1. The fourth-order valence-electron chi connectivity index (χ4n) is 1.30. The van der Waals surface area contributed by atoms with Gasteiger partial charge in [-0.05, 0) is 12.5 Å². The van der Waals surface area contributed by atoms with Gasteiger partial charge >= 0.3 is 5.97 Å². The van der Waals surface area contributed by atoms with Gasteiger partial charge in [0, 0.05) is 11.6 Å². The van der Waals surface area contributed by atoms with Gasteiger partial charge in [0.25, 0.3) is 5.69 Å². The number of rotatable bonds is 4. The number of nitro benzene ring substituents is 1. The zero-order valence-electron chi connectivity index (χ0n) is 9.67. The van der Waals surface area contributed by atoms with Gasteiger partial charge in [0.15, 0.2) is 0 Å². The number of nitrogens with zero attached hydrogens (tertiary/aromatic N) is 1. The molecule has 0 aliphatic carbocycles. The average molecular weight is 235 g/mol. The van der Waals surface area contributed by atoms with Crippen molar-refractivity contribution in [3.8, 4) is 0 Å². The minimum absolute atomic E-state index is 0.0743. The molecule has 0 unspecified atom stereocenters. The highest BCUT2D eigenvalue weighted by Crippen LogP contribution is 2.20. The van der Waals surface area contributed by atoms with Crippen molar-refractivity contribution >= 4 is 17.7 Å². The van der Waals surface area contributed by atoms with Crippen molar-refractivity contribution in [3.63, 3.8) is 0 Å². The highest BCUT2D eigenvalue weighted by atomic mass is 16.6. The van der Waals surface area contributed by atoms with Crippen molar-refractivity contribution in [3.05, 3.63) is 45.5 Å². The van der Waals surface area contributed by atoms with Gasteiger partial charge in [-0.25, -0.2) is 0 Å². The van der Waals surface area contributed by atoms with E-state index in [4.69, 9.17) is 0 Å². The fourth-order valence-corrected chi connectivity index (χ4v) is 1.30. The van der Waals surface area contributed by atoms with Crippen LogP contribution in [0.5, 0.6) is 0 Å². The normalized spacial score (nSPS) is 10.5. The number of nitro groups is 1. The fraction of sp³-hybridized carbons (Fsp3) is 0.250. The Bertz CT molecular complexity index is 466. The molecule has 0 radical (unpaired) electrons. The topological polar surface area (TPSA) is 69.4 Å². The van der Waals surface area contributed by atoms with Crippen LogP contribution in [0.2, 0.25) is 0 Å². The second-order valence-electron chi connectivity index (χ2n) is 3.49. The number of hydrogen-bond donors (Lipinski definition) is 0. The van der Waals surface area contributed by atoms with Crippen molar-refractivity contribution in [2.45, 2.75) is 13.3 Å². The summed E-state index contributed by atoms with van der Waals surface area (Å²) in [5, 5.41) is 10.7. The molecule has 90 valence electrons. The quantitative estimate of drug-likeness (QED) is 0.456. The van der Waals surface area contributed by atoms with Crippen molar-refractivity contribution in [2.75, 3.05) is 7.11 Å². The number of hydrogen-bond acceptors (Lipinski definition) is 4. The summed E-state index contributed by atoms with van der Waals surface area (Å²) in [7, 11) is 1.31. The second-order valence-corrected chi connectivity index (χ2v) is 3.49. The number of ether oxygens (including phenoxy) is 1. The summed E-state index contributed by atoms with van der Waals surface area (Å²) >= 11 is 0. The van der Waals surface area contributed by atoms with Gasteiger partial charge in [0.2, 0.25) is 0 Å². The minimum Gasteiger partial charge on any atom is -0.469 e. The molecule has 1 aromatic rings. The van der Waals surface area contributed by atoms with Crippen LogP contribution in [-0.2, 0) is 9.53 Å². The summed E-state index contributed by atoms with van der Waals surface area (Å²) < 4.78 is 4.47. The first kappa shape index (κ1) is 12.9. The molecule has 1 aromatic carbocycles. The molecule has 0 aromatic heterocycles. The molecule has 0 N–H and O–H groups in total. The van der Waals surface area contributed by atoms with Gasteiger partial charge < -0.3 is 4.74 Å². The zero-order valence-corrected chi connectivity index (χ0v) is 9.67. The molecule has 0 bridgehead atoms. The van der Waals surface area contributed by atoms with E-state index in [0.717, 1.165) is 0 Å². The van der Waals surface area contributed by atoms with Gasteiger partial charge in [-0.15, -0.1) is 0 Å². The Morgan fingerprint density at radius 3 is 2.82 bits per heavy atom. The summed E-state index contributed by atoms with van der Waals surface area (Å²) in [5.74, 6) is -0.345. The molecule has 0 aliphatic rings. The van der Waals surface area contributed by atoms with Crippen LogP contribution in [0.15, 0.2) is 24.3 Å². The van der Waals surface area contributed by atoms with Crippen molar-refractivity contribution in [1.82, 2.24) is 0 Å². The molecular formula is C12H13NO4. The standard InChI is InChI=1S/C12H13NO4/c1-9-6-7-10(8-11(9)13(15)16)4-3-5-12(14)17-2/h3-4,6-8H,5H2,1-2H3. The first-order valence-electron chi connectivity index (χ1n) is 5.03. The Morgan fingerprint density at radius 2 is 2.24 bits per heavy atom. The lowest BCUT2D eigenvalue weighted by Gasteiger charge is -1.98. The molecule has 0 spiro atoms. The van der Waals surface area contributed by atoms with Gasteiger partial charge in [-0.3, -0.25) is 14.9 Å². The summed E-state index contributed by atoms with van der Waals surface area (Å²) in [6.45, 7) is 1.68. The van der Waals surface area contributed by atoms with E-state index in [1.165, 1.54) is 13.2 Å². The monoisotopic (exact) mass is 235 g/mol. The number of carbonyl (C=O) groups excluding carboxylic acids is 1. The third kappa shape index (κ3) is 3.71. The minimum atomic E-state index is -0.424. The van der Waals surface area contributed by atoms with E-state index < -0.39 is 4.92 Å². The Morgan fingerprint density at radius 1 is 1.53 bits per heavy atom. The lowest BCUT2D eigenvalue weighted by Crippen LogP contribution is -1.96. The highest BCUT2D eigenvalue weighted by Gasteiger charge is 2.09. The van der Waals surface area contributed by atoms with Crippen molar-refractivity contribution < 1.29 is 14.5 Å². The van der Waals surface area contributed by atoms with Gasteiger partial charge in [-0.2, -0.15) is 0 Å². The second kappa shape index (κ2) is 5.79. The summed E-state index contributed by atoms with van der Waals surface area (Å²) in [6, 6.07) is 4.91. The van der Waals surface area contributed by atoms with E-state index in [0.29, 0.717) is 11.1 Å². The molecule has 17 heavy (non-hydrogen) atoms. The average Bonchev–Trinajstić information content (AvgIpc) is 2.30. The van der Waals surface area contributed by atoms with E-state index in [-0.39, 0.29) is 18.1 Å². The van der Waals surface area contributed by atoms with Gasteiger partial charge in [0.1, 0.15) is 0 Å². The van der Waals surface area contributed by atoms with Crippen molar-refractivity contribution in [1.29, 1.82) is 0 Å². The molecule has 0 amide bonds. The van der Waals surface area contributed by atoms with Crippen molar-refractivity contribution in [2.24, 2.45) is 0 Å². The van der Waals surface area contributed by atoms with E-state index in [1.807, 2.05) is 0 Å². The maximum absolute atomic E-state index is 10.8. The summed E-state index contributed by atoms with van der Waals surface area (Å²) in [5.41, 5.74) is 1.37. The van der Waals surface area contributed by atoms with E-state index >= 15 is 0 Å². The Kier molecular flexibility index (Phi) is 4.39. The van der Waals surface area contributed by atoms with E-state index in [9.17, 15) is 14.9 Å². The van der Waals surface area contributed by atoms with Crippen LogP contribution in [0.1, 0.15) is 17.5 Å². The first-order chi connectivity index (χ1) is 8.04. The third-order valence-corrected chi connectivity index (χ3v) is 2.25. The molecule has 0 fully saturated rings. The van der Waals surface area contributed by atoms with E-state index in [2.05, 4.69) is 4.74 Å². The number of carbonyl (C=O) groups is 1. The Labute approximate surface area is 98.9 Å². The molecule has 0 heterocycles. The molecule has 0 aliphatic heterocycles. The predicted molar refractivity (Wildman–Crippen MR) is 63.5 cm³/mol. The van der Waals surface area contributed by atoms with Crippen LogP contribution in [0.25, 0.3) is 6.08 Å². The molecule has 1 rings (SSSR count). The Hall–Kier alpha value is -2.17. The maximum Gasteiger partial charge on any atom is 0.309 e. The van der Waals surface area contributed by atoms with Crippen LogP contribution in [-0.4, -0.2) is 18.0 Å². The number of aryl methyl sites for hydroxylation is 1. The molecule has 0 saturated heterocycles. The number of benzene rings is 1. The molecular weight excluding hydrogens is 222 g/mol. The zero-order chi connectivity index (χ0) is 12.8. The number of methoxy groups -OCH3 is 1. The first-order valence-corrected chi connectivity index (χ1v) is 5.03. The lowest BCUT2D eigenvalue weighted by molar-refractivity contribution is -0.385. The SMILES string of the molecule is COC(=O)CC=Cc1ccc(C)c([N+](=O)[O-])c1. The van der Waals surface area contributed by atoms with Gasteiger partial charge in [-0.1, -0.05) is 24.3 Å². The van der Waals surface area contributed by atoms with Gasteiger partial charge in [0.05, 0.1) is 18.5 Å². The van der Waals surface area contributed by atoms with Crippen LogP contribution in [0.4, 0.5) is 5.69 Å². The summed E-state index contributed by atoms with van der Waals surface area (Å²) in [4.78, 5) is 21.1. The van der Waals surface area contributed by atoms with Crippen LogP contribution >= 0.6 is 0 Å². The maximum atomic E-state index is 10.8. The van der Waals surface area contributed by atoms with Crippen LogP contribution < -0.4 is 0 Å². The summed E-state index contributed by atoms with van der Waals surface area (Å²) in [6.07, 6.45) is 3.42. The largest absolute Gasteiger partial charge is 0.469 e. The Balaban J connectivity index is 2.82. The number of esters is 1. The van der Waals surface area contributed by atoms with Crippen LogP contribution in [0, 0.1) is 17.0 Å². The molecule has 5 nitrogen and oxygen atoms in total.